The Morgan fingerprint density at radius 2 is 2.40 bits per heavy atom. The van der Waals surface area contributed by atoms with Crippen LogP contribution in [0.25, 0.3) is 0 Å². The van der Waals surface area contributed by atoms with E-state index in [1.165, 1.54) is 0 Å². The van der Waals surface area contributed by atoms with Crippen LogP contribution in [0.4, 0.5) is 10.2 Å². The third-order valence-corrected chi connectivity index (χ3v) is 2.92. The van der Waals surface area contributed by atoms with Crippen LogP contribution in [0.15, 0.2) is 11.0 Å². The van der Waals surface area contributed by atoms with Crippen LogP contribution in [0.2, 0.25) is 0 Å². The van der Waals surface area contributed by atoms with Crippen LogP contribution >= 0.6 is 11.6 Å². The molecule has 1 aliphatic heterocycles. The zero-order valence-corrected chi connectivity index (χ0v) is 10.7. The van der Waals surface area contributed by atoms with E-state index in [1.807, 2.05) is 5.92 Å². The molecule has 0 amide bonds. The molecule has 0 bridgehead atoms. The van der Waals surface area contributed by atoms with E-state index >= 15 is 0 Å². The molecular weight excluding hydrogens is 295 g/mol. The molecule has 1 aromatic heterocycles. The van der Waals surface area contributed by atoms with Crippen molar-refractivity contribution in [2.75, 3.05) is 12.3 Å². The highest BCUT2D eigenvalue weighted by atomic mass is 35.5. The fourth-order valence-electron chi connectivity index (χ4n) is 1.86. The van der Waals surface area contributed by atoms with E-state index in [0.29, 0.717) is 4.68 Å². The summed E-state index contributed by atoms with van der Waals surface area (Å²) < 4.78 is 20.4. The summed E-state index contributed by atoms with van der Waals surface area (Å²) in [6.07, 6.45) is -3.79. The second-order valence-corrected chi connectivity index (χ2v) is 4.24. The van der Waals surface area contributed by atoms with E-state index in [4.69, 9.17) is 27.2 Å². The van der Waals surface area contributed by atoms with Crippen molar-refractivity contribution in [2.24, 2.45) is 0 Å². The highest BCUT2D eigenvalue weighted by Gasteiger charge is 2.58. The summed E-state index contributed by atoms with van der Waals surface area (Å²) in [5, 5.41) is 24.2. The first-order valence-electron chi connectivity index (χ1n) is 5.41. The molecule has 1 unspecified atom stereocenters. The molecular formula is C10H10ClFN4O4. The van der Waals surface area contributed by atoms with Crippen LogP contribution in [-0.4, -0.2) is 49.5 Å². The normalized spacial score (nSPS) is 32.7. The fourth-order valence-corrected chi connectivity index (χ4v) is 2.01. The van der Waals surface area contributed by atoms with Crippen molar-refractivity contribution in [3.8, 4) is 11.3 Å². The average Bonchev–Trinajstić information content (AvgIpc) is 2.63. The quantitative estimate of drug-likeness (QED) is 0.561. The molecule has 1 fully saturated rings. The predicted molar refractivity (Wildman–Crippen MR) is 65.2 cm³/mol. The molecule has 0 aromatic carbocycles. The lowest BCUT2D eigenvalue weighted by atomic mass is 9.97. The zero-order chi connectivity index (χ0) is 14.9. The molecule has 0 spiro atoms. The maximum Gasteiger partial charge on any atom is 0.368 e. The van der Waals surface area contributed by atoms with Crippen LogP contribution in [0.5, 0.6) is 0 Å². The number of nitrogens with two attached hydrogens (primary N) is 1. The molecule has 2 heterocycles. The lowest BCUT2D eigenvalue weighted by molar-refractivity contribution is -0.0610. The van der Waals surface area contributed by atoms with Gasteiger partial charge in [0.15, 0.2) is 0 Å². The Labute approximate surface area is 116 Å². The first-order valence-corrected chi connectivity index (χ1v) is 5.79. The highest BCUT2D eigenvalue weighted by molar-refractivity contribution is 6.30. The average molecular weight is 305 g/mol. The minimum atomic E-state index is -2.72. The lowest BCUT2D eigenvalue weighted by Crippen LogP contribution is -2.45. The molecule has 1 aliphatic rings. The number of aliphatic hydroxyl groups is 2. The number of nitrogen functional groups attached to an aromatic ring is 1. The molecule has 4 atom stereocenters. The van der Waals surface area contributed by atoms with E-state index in [9.17, 15) is 14.3 Å². The monoisotopic (exact) mass is 304 g/mol. The maximum atomic E-state index is 14.8. The maximum absolute atomic E-state index is 14.8. The van der Waals surface area contributed by atoms with E-state index in [-0.39, 0.29) is 5.82 Å². The highest BCUT2D eigenvalue weighted by Crippen LogP contribution is 2.40. The summed E-state index contributed by atoms with van der Waals surface area (Å²) in [6, 6.07) is 0. The van der Waals surface area contributed by atoms with Crippen molar-refractivity contribution in [2.45, 2.75) is 24.1 Å². The van der Waals surface area contributed by atoms with Gasteiger partial charge in [0.25, 0.3) is 0 Å². The van der Waals surface area contributed by atoms with Crippen LogP contribution in [0, 0.1) is 11.3 Å². The summed E-state index contributed by atoms with van der Waals surface area (Å²) in [6.45, 7) is -0.676. The smallest absolute Gasteiger partial charge is 0.368 e. The predicted octanol–water partition coefficient (Wildman–Crippen LogP) is -1.62. The molecule has 0 radical (unpaired) electrons. The third-order valence-electron chi connectivity index (χ3n) is 2.82. The van der Waals surface area contributed by atoms with E-state index in [0.717, 1.165) is 6.20 Å². The molecule has 0 aliphatic carbocycles. The Balaban J connectivity index is 2.52. The number of hydrogen-bond donors (Lipinski definition) is 3. The second kappa shape index (κ2) is 5.34. The standard InChI is InChI=1S/C10H10ClFN4O4/c11-2-1-10(12)7(18)5(4-17)20-8(10)16-9(19)15-6(13)3-14-16/h3,5,7-8,17-18H,4H2,(H2,13,15,19)/t5-,7?,8-,10-/m1/s1. The van der Waals surface area contributed by atoms with Crippen molar-refractivity contribution in [3.05, 3.63) is 16.7 Å². The zero-order valence-electron chi connectivity index (χ0n) is 9.90. The Hall–Kier alpha value is -1.73. The molecule has 8 nitrogen and oxygen atoms in total. The number of aliphatic hydroxyl groups excluding tert-OH is 2. The topological polar surface area (TPSA) is 123 Å². The fraction of sp³-hybridized carbons (Fsp3) is 0.500. The van der Waals surface area contributed by atoms with Gasteiger partial charge in [-0.25, -0.2) is 9.18 Å². The van der Waals surface area contributed by atoms with Crippen molar-refractivity contribution in [1.82, 2.24) is 14.8 Å². The molecule has 2 rings (SSSR count). The van der Waals surface area contributed by atoms with Gasteiger partial charge in [0.05, 0.1) is 12.8 Å². The van der Waals surface area contributed by atoms with Gasteiger partial charge < -0.3 is 20.7 Å². The van der Waals surface area contributed by atoms with Gasteiger partial charge in [-0.15, -0.1) is 0 Å². The lowest BCUT2D eigenvalue weighted by Gasteiger charge is -2.22. The summed E-state index contributed by atoms with van der Waals surface area (Å²) in [5.41, 5.74) is 1.57. The van der Waals surface area contributed by atoms with Gasteiger partial charge in [-0.05, 0) is 17.5 Å². The number of aromatic nitrogens is 3. The first-order chi connectivity index (χ1) is 9.43. The molecule has 10 heteroatoms. The van der Waals surface area contributed by atoms with Gasteiger partial charge in [-0.1, -0.05) is 0 Å². The summed E-state index contributed by atoms with van der Waals surface area (Å²) in [4.78, 5) is 15.0. The molecule has 0 saturated carbocycles. The number of rotatable bonds is 2. The van der Waals surface area contributed by atoms with E-state index in [2.05, 4.69) is 10.1 Å². The van der Waals surface area contributed by atoms with Crippen molar-refractivity contribution >= 4 is 17.4 Å². The molecule has 20 heavy (non-hydrogen) atoms. The number of anilines is 1. The SMILES string of the molecule is Nc1cnn([C@@H]2O[C@H](CO)C(O)[C@]2(F)C#CCl)c(=O)n1. The van der Waals surface area contributed by atoms with Crippen LogP contribution in [0.1, 0.15) is 6.23 Å². The summed E-state index contributed by atoms with van der Waals surface area (Å²) in [7, 11) is 0. The minimum absolute atomic E-state index is 0.156. The van der Waals surface area contributed by atoms with Gasteiger partial charge >= 0.3 is 5.69 Å². The second-order valence-electron chi connectivity index (χ2n) is 4.05. The minimum Gasteiger partial charge on any atom is -0.394 e. The van der Waals surface area contributed by atoms with Crippen molar-refractivity contribution in [1.29, 1.82) is 0 Å². The van der Waals surface area contributed by atoms with Crippen molar-refractivity contribution in [3.63, 3.8) is 0 Å². The largest absolute Gasteiger partial charge is 0.394 e. The number of halogens is 2. The number of alkyl halides is 1. The summed E-state index contributed by atoms with van der Waals surface area (Å²) >= 11 is 5.17. The Morgan fingerprint density at radius 1 is 1.70 bits per heavy atom. The Kier molecular flexibility index (Phi) is 3.92. The van der Waals surface area contributed by atoms with Gasteiger partial charge in [-0.2, -0.15) is 14.8 Å². The van der Waals surface area contributed by atoms with Gasteiger partial charge in [-0.3, -0.25) is 0 Å². The third kappa shape index (κ3) is 2.23. The van der Waals surface area contributed by atoms with E-state index in [1.54, 1.807) is 5.38 Å². The number of nitrogens with zero attached hydrogens (tertiary/aromatic N) is 3. The molecule has 1 saturated heterocycles. The Bertz CT molecular complexity index is 630. The van der Waals surface area contributed by atoms with Crippen molar-refractivity contribution < 1.29 is 19.3 Å². The Morgan fingerprint density at radius 3 is 2.95 bits per heavy atom. The van der Waals surface area contributed by atoms with Gasteiger partial charge in [0.1, 0.15) is 18.0 Å². The van der Waals surface area contributed by atoms with E-state index < -0.39 is 36.4 Å². The number of ether oxygens (including phenoxy) is 1. The molecule has 108 valence electrons. The number of hydrogen-bond acceptors (Lipinski definition) is 7. The van der Waals surface area contributed by atoms with Crippen LogP contribution in [0.3, 0.4) is 0 Å². The molecule has 1 aromatic rings. The van der Waals surface area contributed by atoms with Gasteiger partial charge in [0, 0.05) is 5.38 Å². The summed E-state index contributed by atoms with van der Waals surface area (Å²) in [5.74, 6) is 1.77. The van der Waals surface area contributed by atoms with Crippen LogP contribution < -0.4 is 11.4 Å². The first kappa shape index (κ1) is 14.7. The van der Waals surface area contributed by atoms with Crippen LogP contribution in [-0.2, 0) is 4.74 Å². The van der Waals surface area contributed by atoms with Gasteiger partial charge in [0.2, 0.25) is 11.9 Å². The molecule has 4 N–H and O–H groups in total.